The van der Waals surface area contributed by atoms with Gasteiger partial charge in [0.15, 0.2) is 11.4 Å². The van der Waals surface area contributed by atoms with Crippen molar-refractivity contribution in [3.63, 3.8) is 0 Å². The predicted octanol–water partition coefficient (Wildman–Crippen LogP) is 2.72. The van der Waals surface area contributed by atoms with E-state index in [1.807, 2.05) is 6.07 Å². The topological polar surface area (TPSA) is 81.5 Å². The second-order valence-corrected chi connectivity index (χ2v) is 6.27. The number of aryl methyl sites for hydroxylation is 1. The van der Waals surface area contributed by atoms with Crippen LogP contribution in [0.15, 0.2) is 57.9 Å². The summed E-state index contributed by atoms with van der Waals surface area (Å²) in [5.74, 6) is -0.0770. The van der Waals surface area contributed by atoms with Gasteiger partial charge < -0.3 is 9.73 Å². The molecule has 0 atom stereocenters. The van der Waals surface area contributed by atoms with Crippen LogP contribution in [-0.4, -0.2) is 26.6 Å². The molecule has 132 valence electrons. The van der Waals surface area contributed by atoms with Gasteiger partial charge in [-0.05, 0) is 42.8 Å². The van der Waals surface area contributed by atoms with Crippen molar-refractivity contribution < 1.29 is 9.21 Å². The number of carbonyl (C=O) groups is 1. The summed E-state index contributed by atoms with van der Waals surface area (Å²) in [6.45, 7) is 0.813. The maximum atomic E-state index is 12.2. The minimum Gasteiger partial charge on any atom is -0.451 e. The molecular weight excluding hydrogens is 356 g/mol. The van der Waals surface area contributed by atoms with Crippen molar-refractivity contribution in [2.24, 2.45) is 0 Å². The predicted molar refractivity (Wildman–Crippen MR) is 97.6 cm³/mol. The van der Waals surface area contributed by atoms with Crippen molar-refractivity contribution >= 4 is 34.1 Å². The first-order valence-electron chi connectivity index (χ1n) is 8.13. The van der Waals surface area contributed by atoms with Gasteiger partial charge in [-0.3, -0.25) is 9.20 Å². The summed E-state index contributed by atoms with van der Waals surface area (Å²) < 4.78 is 8.40. The second-order valence-electron chi connectivity index (χ2n) is 5.84. The number of amides is 1. The lowest BCUT2D eigenvalue weighted by Crippen LogP contribution is -2.27. The fourth-order valence-electron chi connectivity index (χ4n) is 2.76. The van der Waals surface area contributed by atoms with Crippen LogP contribution >= 0.6 is 11.6 Å². The molecule has 0 unspecified atom stereocenters. The van der Waals surface area contributed by atoms with Crippen molar-refractivity contribution in [2.75, 3.05) is 6.54 Å². The van der Waals surface area contributed by atoms with E-state index in [2.05, 4.69) is 10.4 Å². The summed E-state index contributed by atoms with van der Waals surface area (Å²) in [7, 11) is 0. The fraction of sp³-hybridized carbons (Fsp3) is 0.167. The van der Waals surface area contributed by atoms with E-state index in [1.165, 1.54) is 9.08 Å². The third-order valence-electron chi connectivity index (χ3n) is 4.02. The van der Waals surface area contributed by atoms with Gasteiger partial charge in [0.05, 0.1) is 0 Å². The lowest BCUT2D eigenvalue weighted by molar-refractivity contribution is 0.0927. The molecule has 1 aromatic carbocycles. The van der Waals surface area contributed by atoms with Gasteiger partial charge in [0, 0.05) is 29.7 Å². The first-order valence-corrected chi connectivity index (χ1v) is 8.51. The number of hydrogen-bond donors (Lipinski definition) is 1. The number of nitrogens with one attached hydrogen (secondary N) is 1. The number of pyridine rings is 1. The quantitative estimate of drug-likeness (QED) is 0.548. The van der Waals surface area contributed by atoms with E-state index in [1.54, 1.807) is 42.6 Å². The van der Waals surface area contributed by atoms with Crippen LogP contribution in [0, 0.1) is 0 Å². The number of hydrogen-bond acceptors (Lipinski definition) is 4. The minimum atomic E-state index is -0.306. The standard InChI is InChI=1S/C18H15ClN4O3/c19-13-5-6-14-12(10-13)11-15(26-14)17(24)20-7-3-9-23-18(25)22-8-2-1-4-16(22)21-23/h1-2,4-6,8,10-11H,3,7,9H2,(H,20,24). The highest BCUT2D eigenvalue weighted by Gasteiger charge is 2.12. The smallest absolute Gasteiger partial charge is 0.350 e. The van der Waals surface area contributed by atoms with Crippen molar-refractivity contribution in [3.05, 3.63) is 69.9 Å². The maximum Gasteiger partial charge on any atom is 0.350 e. The van der Waals surface area contributed by atoms with Crippen LogP contribution in [-0.2, 0) is 6.54 Å². The number of aromatic nitrogens is 3. The van der Waals surface area contributed by atoms with Crippen LogP contribution in [0.5, 0.6) is 0 Å². The van der Waals surface area contributed by atoms with Crippen LogP contribution in [0.25, 0.3) is 16.6 Å². The number of nitrogens with zero attached hydrogens (tertiary/aromatic N) is 3. The normalized spacial score (nSPS) is 11.3. The van der Waals surface area contributed by atoms with E-state index in [4.69, 9.17) is 16.0 Å². The Bertz CT molecular complexity index is 1160. The van der Waals surface area contributed by atoms with Crippen LogP contribution < -0.4 is 11.0 Å². The van der Waals surface area contributed by atoms with Crippen LogP contribution in [0.4, 0.5) is 0 Å². The molecule has 3 heterocycles. The second kappa shape index (κ2) is 6.68. The Morgan fingerprint density at radius 2 is 2.12 bits per heavy atom. The van der Waals surface area contributed by atoms with E-state index < -0.39 is 0 Å². The summed E-state index contributed by atoms with van der Waals surface area (Å²) in [5, 5.41) is 8.39. The highest BCUT2D eigenvalue weighted by molar-refractivity contribution is 6.31. The molecule has 1 amide bonds. The van der Waals surface area contributed by atoms with Gasteiger partial charge in [0.1, 0.15) is 5.58 Å². The third kappa shape index (κ3) is 3.09. The van der Waals surface area contributed by atoms with Gasteiger partial charge in [-0.1, -0.05) is 17.7 Å². The lowest BCUT2D eigenvalue weighted by atomic mass is 10.2. The summed E-state index contributed by atoms with van der Waals surface area (Å²) in [5.41, 5.74) is 1.01. The zero-order chi connectivity index (χ0) is 18.1. The van der Waals surface area contributed by atoms with Crippen molar-refractivity contribution in [1.29, 1.82) is 0 Å². The number of fused-ring (bicyclic) bond motifs is 2. The molecule has 4 aromatic rings. The molecule has 8 heteroatoms. The van der Waals surface area contributed by atoms with E-state index in [0.717, 1.165) is 5.39 Å². The van der Waals surface area contributed by atoms with E-state index in [9.17, 15) is 9.59 Å². The minimum absolute atomic E-state index is 0.193. The zero-order valence-electron chi connectivity index (χ0n) is 13.7. The Morgan fingerprint density at radius 3 is 2.96 bits per heavy atom. The summed E-state index contributed by atoms with van der Waals surface area (Å²) in [6.07, 6.45) is 2.25. The van der Waals surface area contributed by atoms with Gasteiger partial charge in [-0.2, -0.15) is 0 Å². The molecule has 0 fully saturated rings. The van der Waals surface area contributed by atoms with E-state index in [0.29, 0.717) is 35.8 Å². The Balaban J connectivity index is 1.37. The molecule has 4 rings (SSSR count). The number of rotatable bonds is 5. The van der Waals surface area contributed by atoms with Crippen molar-refractivity contribution in [1.82, 2.24) is 19.5 Å². The van der Waals surface area contributed by atoms with Gasteiger partial charge in [-0.25, -0.2) is 9.48 Å². The Morgan fingerprint density at radius 1 is 1.23 bits per heavy atom. The average molecular weight is 371 g/mol. The molecule has 7 nitrogen and oxygen atoms in total. The molecule has 0 aliphatic heterocycles. The van der Waals surface area contributed by atoms with Crippen LogP contribution in [0.2, 0.25) is 5.02 Å². The molecule has 3 aromatic heterocycles. The molecule has 0 spiro atoms. The van der Waals surface area contributed by atoms with E-state index >= 15 is 0 Å². The molecular formula is C18H15ClN4O3. The molecule has 0 radical (unpaired) electrons. The molecule has 1 N–H and O–H groups in total. The molecule has 0 saturated carbocycles. The van der Waals surface area contributed by atoms with Crippen LogP contribution in [0.3, 0.4) is 0 Å². The van der Waals surface area contributed by atoms with Gasteiger partial charge in [-0.15, -0.1) is 5.10 Å². The van der Waals surface area contributed by atoms with Crippen molar-refractivity contribution in [3.8, 4) is 0 Å². The fourth-order valence-corrected chi connectivity index (χ4v) is 2.94. The van der Waals surface area contributed by atoms with Gasteiger partial charge in [0.2, 0.25) is 0 Å². The molecule has 0 aliphatic rings. The number of halogens is 1. The highest BCUT2D eigenvalue weighted by Crippen LogP contribution is 2.22. The Labute approximate surface area is 152 Å². The van der Waals surface area contributed by atoms with Gasteiger partial charge in [0.25, 0.3) is 5.91 Å². The Kier molecular flexibility index (Phi) is 4.22. The van der Waals surface area contributed by atoms with Crippen LogP contribution in [0.1, 0.15) is 17.0 Å². The third-order valence-corrected chi connectivity index (χ3v) is 4.26. The molecule has 0 bridgehead atoms. The Hall–Kier alpha value is -3.06. The summed E-state index contributed by atoms with van der Waals surface area (Å²) >= 11 is 5.93. The number of benzene rings is 1. The molecule has 0 aliphatic carbocycles. The molecule has 26 heavy (non-hydrogen) atoms. The largest absolute Gasteiger partial charge is 0.451 e. The van der Waals surface area contributed by atoms with Crippen molar-refractivity contribution in [2.45, 2.75) is 13.0 Å². The average Bonchev–Trinajstić information content (AvgIpc) is 3.20. The zero-order valence-corrected chi connectivity index (χ0v) is 14.4. The SMILES string of the molecule is O=C(NCCCn1nc2ccccn2c1=O)c1cc2cc(Cl)ccc2o1. The number of furan rings is 1. The first-order chi connectivity index (χ1) is 12.6. The van der Waals surface area contributed by atoms with Gasteiger partial charge >= 0.3 is 5.69 Å². The first kappa shape index (κ1) is 16.4. The summed E-state index contributed by atoms with van der Waals surface area (Å²) in [4.78, 5) is 24.3. The maximum absolute atomic E-state index is 12.2. The monoisotopic (exact) mass is 370 g/mol. The highest BCUT2D eigenvalue weighted by atomic mass is 35.5. The summed E-state index contributed by atoms with van der Waals surface area (Å²) in [6, 6.07) is 12.2. The molecule has 0 saturated heterocycles. The van der Waals surface area contributed by atoms with E-state index in [-0.39, 0.29) is 17.4 Å². The lowest BCUT2D eigenvalue weighted by Gasteiger charge is -2.02. The number of carbonyl (C=O) groups excluding carboxylic acids is 1.